The Bertz CT molecular complexity index is 861. The average molecular weight is 467 g/mol. The quantitative estimate of drug-likeness (QED) is 0.362. The summed E-state index contributed by atoms with van der Waals surface area (Å²) < 4.78 is 13.0. The number of ether oxygens (including phenoxy) is 2. The Morgan fingerprint density at radius 3 is 1.76 bits per heavy atom. The van der Waals surface area contributed by atoms with Gasteiger partial charge >= 0.3 is 0 Å². The van der Waals surface area contributed by atoms with E-state index in [1.165, 1.54) is 75.1 Å². The molecule has 2 aromatic rings. The molecule has 0 aliphatic heterocycles. The molecule has 2 aliphatic carbocycles. The van der Waals surface area contributed by atoms with E-state index in [2.05, 4.69) is 70.2 Å². The molecule has 2 aliphatic rings. The fraction of sp³-hybridized carbons (Fsp3) is 0.600. The maximum Gasteiger partial charge on any atom is 0.135 e. The van der Waals surface area contributed by atoms with Crippen molar-refractivity contribution in [3.63, 3.8) is 0 Å². The molecule has 4 rings (SSSR count). The van der Waals surface area contributed by atoms with Gasteiger partial charge in [0.25, 0.3) is 0 Å². The molecule has 2 saturated carbocycles. The van der Waals surface area contributed by atoms with Crippen molar-refractivity contribution in [1.29, 1.82) is 0 Å². The van der Waals surface area contributed by atoms with Crippen LogP contribution in [0.1, 0.15) is 91.9 Å². The van der Waals surface area contributed by atoms with Gasteiger partial charge in [0, 0.05) is 16.4 Å². The molecule has 2 aromatic carbocycles. The zero-order valence-electron chi connectivity index (χ0n) is 21.2. The summed E-state index contributed by atoms with van der Waals surface area (Å²) in [4.78, 5) is 0. The van der Waals surface area contributed by atoms with Crippen molar-refractivity contribution in [1.82, 2.24) is 0 Å². The van der Waals surface area contributed by atoms with Crippen molar-refractivity contribution in [2.24, 2.45) is 0 Å². The third-order valence-corrected chi connectivity index (χ3v) is 10.6. The molecule has 3 heteroatoms. The number of benzene rings is 2. The summed E-state index contributed by atoms with van der Waals surface area (Å²) in [5.74, 6) is 2.09. The van der Waals surface area contributed by atoms with E-state index in [9.17, 15) is 0 Å². The summed E-state index contributed by atoms with van der Waals surface area (Å²) in [6, 6.07) is 15.5. The van der Waals surface area contributed by atoms with Crippen LogP contribution < -0.4 is 14.8 Å². The molecule has 0 atom stereocenters. The summed E-state index contributed by atoms with van der Waals surface area (Å²) in [5, 5.41) is 1.52. The van der Waals surface area contributed by atoms with Crippen LogP contribution >= 0.6 is 7.92 Å². The molecule has 2 nitrogen and oxygen atoms in total. The van der Waals surface area contributed by atoms with Crippen LogP contribution in [-0.4, -0.2) is 23.5 Å². The Morgan fingerprint density at radius 1 is 0.636 bits per heavy atom. The average Bonchev–Trinajstić information content (AvgIpc) is 2.81. The number of hydrogen-bond acceptors (Lipinski definition) is 2. The first kappa shape index (κ1) is 24.6. The predicted octanol–water partition coefficient (Wildman–Crippen LogP) is 8.70. The van der Waals surface area contributed by atoms with Gasteiger partial charge in [-0.2, -0.15) is 0 Å². The van der Waals surface area contributed by atoms with Crippen molar-refractivity contribution < 1.29 is 9.47 Å². The highest BCUT2D eigenvalue weighted by molar-refractivity contribution is 7.67. The Morgan fingerprint density at radius 2 is 1.18 bits per heavy atom. The van der Waals surface area contributed by atoms with Gasteiger partial charge in [-0.05, 0) is 70.8 Å². The first-order chi connectivity index (χ1) is 16.0. The smallest absolute Gasteiger partial charge is 0.135 e. The van der Waals surface area contributed by atoms with Crippen molar-refractivity contribution in [3.05, 3.63) is 42.5 Å². The highest BCUT2D eigenvalue weighted by Crippen LogP contribution is 2.57. The lowest BCUT2D eigenvalue weighted by Gasteiger charge is -2.39. The third kappa shape index (κ3) is 6.13. The molecule has 0 unspecified atom stereocenters. The van der Waals surface area contributed by atoms with Gasteiger partial charge in [0.1, 0.15) is 11.5 Å². The van der Waals surface area contributed by atoms with Gasteiger partial charge in [0.05, 0.1) is 12.2 Å². The molecular weight excluding hydrogens is 423 g/mol. The van der Waals surface area contributed by atoms with E-state index in [0.29, 0.717) is 0 Å². The first-order valence-electron chi connectivity index (χ1n) is 13.4. The first-order valence-corrected chi connectivity index (χ1v) is 14.9. The normalized spacial score (nSPS) is 18.3. The molecule has 2 fully saturated rings. The second-order valence-electron chi connectivity index (χ2n) is 10.5. The summed E-state index contributed by atoms with van der Waals surface area (Å²) in [7, 11) is -0.242. The molecule has 0 amide bonds. The van der Waals surface area contributed by atoms with Gasteiger partial charge < -0.3 is 9.47 Å². The zero-order chi connectivity index (χ0) is 23.2. The summed E-state index contributed by atoms with van der Waals surface area (Å²) in [6.45, 7) is 8.54. The van der Waals surface area contributed by atoms with E-state index in [1.807, 2.05) is 0 Å². The molecule has 33 heavy (non-hydrogen) atoms. The zero-order valence-corrected chi connectivity index (χ0v) is 22.1. The Kier molecular flexibility index (Phi) is 8.75. The Labute approximate surface area is 203 Å². The summed E-state index contributed by atoms with van der Waals surface area (Å²) in [5.41, 5.74) is 4.06. The number of hydrogen-bond donors (Lipinski definition) is 0. The van der Waals surface area contributed by atoms with E-state index >= 15 is 0 Å². The van der Waals surface area contributed by atoms with E-state index in [0.717, 1.165) is 28.4 Å². The van der Waals surface area contributed by atoms with Crippen LogP contribution in [0.5, 0.6) is 11.5 Å². The fourth-order valence-electron chi connectivity index (χ4n) is 5.76. The predicted molar refractivity (Wildman–Crippen MR) is 144 cm³/mol. The second-order valence-corrected chi connectivity index (χ2v) is 13.2. The summed E-state index contributed by atoms with van der Waals surface area (Å²) in [6.07, 6.45) is 14.4. The van der Waals surface area contributed by atoms with Crippen LogP contribution in [0.15, 0.2) is 42.5 Å². The van der Waals surface area contributed by atoms with E-state index in [4.69, 9.17) is 9.47 Å². The fourth-order valence-corrected chi connectivity index (χ4v) is 9.65. The molecule has 0 bridgehead atoms. The lowest BCUT2D eigenvalue weighted by molar-refractivity contribution is 0.240. The molecule has 180 valence electrons. The van der Waals surface area contributed by atoms with Crippen molar-refractivity contribution in [2.45, 2.75) is 115 Å². The van der Waals surface area contributed by atoms with Crippen molar-refractivity contribution >= 4 is 13.2 Å². The topological polar surface area (TPSA) is 18.5 Å². The molecule has 0 heterocycles. The molecule has 0 aromatic heterocycles. The Balaban J connectivity index is 1.83. The highest BCUT2D eigenvalue weighted by Gasteiger charge is 2.35. The van der Waals surface area contributed by atoms with E-state index in [-0.39, 0.29) is 20.1 Å². The van der Waals surface area contributed by atoms with Gasteiger partial charge in [-0.3, -0.25) is 0 Å². The molecule has 0 radical (unpaired) electrons. The SMILES string of the molecule is CC(C)Oc1ccccc1-c1cccc(P(C2CCCCC2)C2CCCCC2)c1OC(C)C. The standard InChI is InChI=1S/C30H43O2P/c1-22(2)31-28-20-12-11-18-26(28)27-19-13-21-29(30(27)32-23(3)4)33(24-14-7-5-8-15-24)25-16-9-6-10-17-25/h11-13,18-25H,5-10,14-17H2,1-4H3. The van der Waals surface area contributed by atoms with Gasteiger partial charge in [0.2, 0.25) is 0 Å². The lowest BCUT2D eigenvalue weighted by Crippen LogP contribution is -2.28. The second kappa shape index (κ2) is 11.7. The van der Waals surface area contributed by atoms with Crippen LogP contribution in [0.2, 0.25) is 0 Å². The third-order valence-electron chi connectivity index (χ3n) is 7.10. The monoisotopic (exact) mass is 466 g/mol. The van der Waals surface area contributed by atoms with Crippen molar-refractivity contribution in [3.8, 4) is 22.6 Å². The number of para-hydroxylation sites is 2. The Hall–Kier alpha value is -1.53. The molecule has 0 saturated heterocycles. The van der Waals surface area contributed by atoms with Gasteiger partial charge in [-0.1, -0.05) is 82.8 Å². The van der Waals surface area contributed by atoms with Gasteiger partial charge in [-0.15, -0.1) is 0 Å². The lowest BCUT2D eigenvalue weighted by atomic mass is 9.99. The minimum absolute atomic E-state index is 0.144. The van der Waals surface area contributed by atoms with Gasteiger partial charge in [-0.25, -0.2) is 0 Å². The minimum atomic E-state index is -0.242. The van der Waals surface area contributed by atoms with Crippen molar-refractivity contribution in [2.75, 3.05) is 0 Å². The largest absolute Gasteiger partial charge is 0.490 e. The molecule has 0 N–H and O–H groups in total. The van der Waals surface area contributed by atoms with Crippen LogP contribution in [0, 0.1) is 0 Å². The van der Waals surface area contributed by atoms with Crippen LogP contribution in [0.25, 0.3) is 11.1 Å². The highest BCUT2D eigenvalue weighted by atomic mass is 31.1. The maximum atomic E-state index is 6.71. The van der Waals surface area contributed by atoms with Crippen LogP contribution in [0.3, 0.4) is 0 Å². The van der Waals surface area contributed by atoms with Crippen LogP contribution in [0.4, 0.5) is 0 Å². The summed E-state index contributed by atoms with van der Waals surface area (Å²) >= 11 is 0. The number of rotatable bonds is 8. The van der Waals surface area contributed by atoms with Crippen LogP contribution in [-0.2, 0) is 0 Å². The molecule has 0 spiro atoms. The van der Waals surface area contributed by atoms with E-state index < -0.39 is 0 Å². The molecular formula is C30H43O2P. The van der Waals surface area contributed by atoms with Gasteiger partial charge in [0.15, 0.2) is 0 Å². The maximum absolute atomic E-state index is 6.71. The minimum Gasteiger partial charge on any atom is -0.490 e. The van der Waals surface area contributed by atoms with E-state index in [1.54, 1.807) is 0 Å².